The first kappa shape index (κ1) is 21.3. The molecule has 1 nitrogen and oxygen atoms in total. The van der Waals surface area contributed by atoms with Gasteiger partial charge in [-0.1, -0.05) is 152 Å². The molecule has 0 aromatic heterocycles. The summed E-state index contributed by atoms with van der Waals surface area (Å²) < 4.78 is 7.65. The van der Waals surface area contributed by atoms with E-state index in [0.29, 0.717) is 0 Å². The predicted molar refractivity (Wildman–Crippen MR) is 144 cm³/mol. The summed E-state index contributed by atoms with van der Waals surface area (Å²) >= 11 is 0. The first-order valence-corrected chi connectivity index (χ1v) is 14.9. The Balaban J connectivity index is 1.78. The molecule has 0 fully saturated rings. The molecule has 5 aromatic carbocycles. The van der Waals surface area contributed by atoms with E-state index in [0.717, 1.165) is 0 Å². The summed E-state index contributed by atoms with van der Waals surface area (Å²) in [4.78, 5) is 0. The first-order valence-electron chi connectivity index (χ1n) is 11.3. The Hall–Kier alpha value is -3.51. The predicted octanol–water partition coefficient (Wildman–Crippen LogP) is 3.21. The quantitative estimate of drug-likeness (QED) is 0.269. The van der Waals surface area contributed by atoms with E-state index in [4.69, 9.17) is 4.12 Å². The van der Waals surface area contributed by atoms with Gasteiger partial charge in [0.25, 0.3) is 8.32 Å². The standard InChI is InChI=1S/C30H26OSi2/c1-6-16-26(17-7-1)32(27-18-8-2-9-19-27)31-33(28-20-10-3-11-21-28,29-22-12-4-13-23-29)30-24-14-5-15-25-30/h1-25,32H. The van der Waals surface area contributed by atoms with Crippen molar-refractivity contribution in [3.8, 4) is 0 Å². The van der Waals surface area contributed by atoms with Crippen LogP contribution in [0.3, 0.4) is 0 Å². The number of benzene rings is 5. The van der Waals surface area contributed by atoms with E-state index in [1.54, 1.807) is 0 Å². The molecule has 33 heavy (non-hydrogen) atoms. The lowest BCUT2D eigenvalue weighted by Gasteiger charge is -2.37. The van der Waals surface area contributed by atoms with Gasteiger partial charge in [0.2, 0.25) is 9.04 Å². The molecule has 0 saturated carbocycles. The zero-order valence-corrected chi connectivity index (χ0v) is 20.6. The monoisotopic (exact) mass is 458 g/mol. The molecule has 0 amide bonds. The fraction of sp³-hybridized carbons (Fsp3) is 0. The van der Waals surface area contributed by atoms with Crippen molar-refractivity contribution in [1.82, 2.24) is 0 Å². The topological polar surface area (TPSA) is 9.23 Å². The molecule has 0 aliphatic carbocycles. The minimum Gasteiger partial charge on any atom is -0.441 e. The van der Waals surface area contributed by atoms with Crippen LogP contribution in [0.1, 0.15) is 0 Å². The largest absolute Gasteiger partial charge is 0.441 e. The van der Waals surface area contributed by atoms with Gasteiger partial charge in [0.15, 0.2) is 0 Å². The van der Waals surface area contributed by atoms with Crippen molar-refractivity contribution >= 4 is 43.3 Å². The van der Waals surface area contributed by atoms with Crippen LogP contribution in [0, 0.1) is 0 Å². The van der Waals surface area contributed by atoms with Gasteiger partial charge in [-0.25, -0.2) is 0 Å². The van der Waals surface area contributed by atoms with Gasteiger partial charge in [0.05, 0.1) is 0 Å². The lowest BCUT2D eigenvalue weighted by Crippen LogP contribution is -2.73. The molecule has 160 valence electrons. The molecule has 0 saturated heterocycles. The van der Waals surface area contributed by atoms with Crippen LogP contribution < -0.4 is 25.9 Å². The highest BCUT2D eigenvalue weighted by atomic mass is 28.4. The van der Waals surface area contributed by atoms with E-state index in [2.05, 4.69) is 152 Å². The highest BCUT2D eigenvalue weighted by Gasteiger charge is 2.44. The van der Waals surface area contributed by atoms with Crippen molar-refractivity contribution in [3.05, 3.63) is 152 Å². The number of rotatable bonds is 7. The Morgan fingerprint density at radius 1 is 0.364 bits per heavy atom. The third kappa shape index (κ3) is 4.39. The molecule has 0 N–H and O–H groups in total. The maximum absolute atomic E-state index is 7.65. The molecule has 0 aliphatic rings. The van der Waals surface area contributed by atoms with Gasteiger partial charge >= 0.3 is 0 Å². The highest BCUT2D eigenvalue weighted by molar-refractivity contribution is 7.11. The van der Waals surface area contributed by atoms with Crippen molar-refractivity contribution in [3.63, 3.8) is 0 Å². The van der Waals surface area contributed by atoms with E-state index < -0.39 is 17.4 Å². The fourth-order valence-corrected chi connectivity index (χ4v) is 13.1. The summed E-state index contributed by atoms with van der Waals surface area (Å²) in [6.45, 7) is 0. The van der Waals surface area contributed by atoms with Gasteiger partial charge < -0.3 is 4.12 Å². The average Bonchev–Trinajstić information content (AvgIpc) is 2.92. The van der Waals surface area contributed by atoms with Gasteiger partial charge in [-0.2, -0.15) is 0 Å². The Morgan fingerprint density at radius 2 is 0.636 bits per heavy atom. The third-order valence-electron chi connectivity index (χ3n) is 6.04. The summed E-state index contributed by atoms with van der Waals surface area (Å²) in [5.41, 5.74) is 0. The Bertz CT molecular complexity index is 1130. The van der Waals surface area contributed by atoms with Crippen LogP contribution in [0.2, 0.25) is 0 Å². The molecule has 0 unspecified atom stereocenters. The van der Waals surface area contributed by atoms with Gasteiger partial charge in [-0.15, -0.1) is 0 Å². The smallest absolute Gasteiger partial charge is 0.278 e. The Kier molecular flexibility index (Phi) is 6.44. The summed E-state index contributed by atoms with van der Waals surface area (Å²) in [5.74, 6) is 0. The van der Waals surface area contributed by atoms with E-state index in [1.807, 2.05) is 0 Å². The molecular formula is C30H26OSi2. The van der Waals surface area contributed by atoms with Crippen LogP contribution in [0.15, 0.2) is 152 Å². The molecule has 0 aliphatic heterocycles. The van der Waals surface area contributed by atoms with Crippen molar-refractivity contribution < 1.29 is 4.12 Å². The van der Waals surface area contributed by atoms with E-state index >= 15 is 0 Å². The van der Waals surface area contributed by atoms with Crippen LogP contribution in [0.4, 0.5) is 0 Å². The van der Waals surface area contributed by atoms with E-state index in [9.17, 15) is 0 Å². The molecule has 0 spiro atoms. The van der Waals surface area contributed by atoms with Crippen LogP contribution in [-0.4, -0.2) is 17.4 Å². The van der Waals surface area contributed by atoms with Crippen LogP contribution in [0.25, 0.3) is 0 Å². The third-order valence-corrected chi connectivity index (χ3v) is 13.8. The van der Waals surface area contributed by atoms with E-state index in [1.165, 1.54) is 25.9 Å². The molecule has 0 bridgehead atoms. The lowest BCUT2D eigenvalue weighted by molar-refractivity contribution is 0.616. The van der Waals surface area contributed by atoms with Gasteiger partial charge in [0, 0.05) is 0 Å². The van der Waals surface area contributed by atoms with Gasteiger partial charge in [-0.05, 0) is 25.9 Å². The maximum Gasteiger partial charge on any atom is 0.278 e. The summed E-state index contributed by atoms with van der Waals surface area (Å²) in [6.07, 6.45) is 0. The molecular weight excluding hydrogens is 433 g/mol. The van der Waals surface area contributed by atoms with Crippen LogP contribution >= 0.6 is 0 Å². The van der Waals surface area contributed by atoms with Crippen LogP contribution in [-0.2, 0) is 4.12 Å². The molecule has 0 atom stereocenters. The zero-order chi connectivity index (χ0) is 22.3. The Labute approximate surface area is 198 Å². The number of hydrogen-bond acceptors (Lipinski definition) is 1. The molecule has 5 rings (SSSR count). The van der Waals surface area contributed by atoms with Gasteiger partial charge in [0.1, 0.15) is 0 Å². The average molecular weight is 459 g/mol. The molecule has 0 radical (unpaired) electrons. The molecule has 5 aromatic rings. The lowest BCUT2D eigenvalue weighted by atomic mass is 10.3. The second kappa shape index (κ2) is 9.96. The molecule has 0 heterocycles. The second-order valence-electron chi connectivity index (χ2n) is 8.10. The first-order chi connectivity index (χ1) is 16.4. The van der Waals surface area contributed by atoms with Crippen molar-refractivity contribution in [2.24, 2.45) is 0 Å². The van der Waals surface area contributed by atoms with Crippen molar-refractivity contribution in [2.75, 3.05) is 0 Å². The number of hydrogen-bond donors (Lipinski definition) is 0. The van der Waals surface area contributed by atoms with Crippen molar-refractivity contribution in [2.45, 2.75) is 0 Å². The molecule has 3 heteroatoms. The second-order valence-corrected chi connectivity index (χ2v) is 14.2. The maximum atomic E-state index is 7.65. The minimum atomic E-state index is -2.79. The van der Waals surface area contributed by atoms with E-state index in [-0.39, 0.29) is 0 Å². The normalized spacial score (nSPS) is 11.4. The van der Waals surface area contributed by atoms with Crippen LogP contribution in [0.5, 0.6) is 0 Å². The summed E-state index contributed by atoms with van der Waals surface area (Å²) in [6, 6.07) is 54.1. The fourth-order valence-electron chi connectivity index (χ4n) is 4.48. The minimum absolute atomic E-state index is 1.27. The zero-order valence-electron chi connectivity index (χ0n) is 18.4. The Morgan fingerprint density at radius 3 is 0.939 bits per heavy atom. The van der Waals surface area contributed by atoms with Gasteiger partial charge in [-0.3, -0.25) is 0 Å². The summed E-state index contributed by atoms with van der Waals surface area (Å²) in [5, 5.41) is 6.40. The highest BCUT2D eigenvalue weighted by Crippen LogP contribution is 2.12. The SMILES string of the molecule is c1ccc([SiH](O[Si](c2ccccc2)(c2ccccc2)c2ccccc2)c2ccccc2)cc1. The van der Waals surface area contributed by atoms with Crippen molar-refractivity contribution in [1.29, 1.82) is 0 Å². The summed E-state index contributed by atoms with van der Waals surface area (Å²) in [7, 11) is -4.81.